The Bertz CT molecular complexity index is 364. The summed E-state index contributed by atoms with van der Waals surface area (Å²) in [6, 6.07) is -0.0909. The number of sulfone groups is 1. The highest BCUT2D eigenvalue weighted by molar-refractivity contribution is 7.92. The van der Waals surface area contributed by atoms with Crippen LogP contribution in [0.4, 0.5) is 0 Å². The molecule has 1 atom stereocenters. The Morgan fingerprint density at radius 2 is 2.06 bits per heavy atom. The van der Waals surface area contributed by atoms with Crippen LogP contribution in [0.1, 0.15) is 33.1 Å². The van der Waals surface area contributed by atoms with E-state index in [-0.39, 0.29) is 30.9 Å². The number of nitrogens with zero attached hydrogens (tertiary/aromatic N) is 1. The molecule has 0 aromatic carbocycles. The summed E-state index contributed by atoms with van der Waals surface area (Å²) in [6.07, 6.45) is 1.84. The number of carbonyl (C=O) groups is 1. The molecule has 0 aromatic heterocycles. The average Bonchev–Trinajstić information content (AvgIpc) is 2.24. The van der Waals surface area contributed by atoms with Gasteiger partial charge in [-0.15, -0.1) is 0 Å². The smallest absolute Gasteiger partial charge is 0.241 e. The summed E-state index contributed by atoms with van der Waals surface area (Å²) < 4.78 is 23.7. The zero-order valence-electron chi connectivity index (χ0n) is 10.4. The van der Waals surface area contributed by atoms with Crippen molar-refractivity contribution in [3.8, 4) is 0 Å². The quantitative estimate of drug-likeness (QED) is 0.785. The maximum absolute atomic E-state index is 12.2. The Balaban J connectivity index is 2.86. The van der Waals surface area contributed by atoms with Crippen molar-refractivity contribution in [3.63, 3.8) is 0 Å². The molecule has 5 nitrogen and oxygen atoms in total. The van der Waals surface area contributed by atoms with Gasteiger partial charge < -0.3 is 10.0 Å². The molecule has 1 aliphatic rings. The van der Waals surface area contributed by atoms with E-state index in [1.165, 1.54) is 4.90 Å². The minimum Gasteiger partial charge on any atom is -0.395 e. The van der Waals surface area contributed by atoms with Gasteiger partial charge >= 0.3 is 0 Å². The lowest BCUT2D eigenvalue weighted by molar-refractivity contribution is -0.133. The van der Waals surface area contributed by atoms with E-state index in [9.17, 15) is 13.2 Å². The van der Waals surface area contributed by atoms with Crippen molar-refractivity contribution in [3.05, 3.63) is 0 Å². The van der Waals surface area contributed by atoms with Gasteiger partial charge in [0.1, 0.15) is 5.25 Å². The lowest BCUT2D eigenvalue weighted by Crippen LogP contribution is -2.49. The number of aliphatic hydroxyl groups is 1. The fourth-order valence-corrected chi connectivity index (χ4v) is 4.01. The topological polar surface area (TPSA) is 74.7 Å². The summed E-state index contributed by atoms with van der Waals surface area (Å²) in [6.45, 7) is 3.70. The molecule has 1 N–H and O–H groups in total. The average molecular weight is 263 g/mol. The van der Waals surface area contributed by atoms with Crippen molar-refractivity contribution >= 4 is 15.7 Å². The van der Waals surface area contributed by atoms with E-state index in [0.717, 1.165) is 6.42 Å². The van der Waals surface area contributed by atoms with Crippen LogP contribution in [0, 0.1) is 0 Å². The summed E-state index contributed by atoms with van der Waals surface area (Å²) >= 11 is 0. The Hall–Kier alpha value is -0.620. The van der Waals surface area contributed by atoms with Gasteiger partial charge in [0.05, 0.1) is 12.4 Å². The van der Waals surface area contributed by atoms with Gasteiger partial charge in [-0.2, -0.15) is 0 Å². The molecular weight excluding hydrogens is 242 g/mol. The van der Waals surface area contributed by atoms with Crippen LogP contribution < -0.4 is 0 Å². The molecule has 1 unspecified atom stereocenters. The van der Waals surface area contributed by atoms with E-state index in [4.69, 9.17) is 5.11 Å². The molecule has 1 rings (SSSR count). The van der Waals surface area contributed by atoms with E-state index in [0.29, 0.717) is 12.8 Å². The summed E-state index contributed by atoms with van der Waals surface area (Å²) in [5.41, 5.74) is 0. The Labute approximate surface area is 103 Å². The predicted molar refractivity (Wildman–Crippen MR) is 65.4 cm³/mol. The molecule has 0 radical (unpaired) electrons. The van der Waals surface area contributed by atoms with E-state index < -0.39 is 15.1 Å². The van der Waals surface area contributed by atoms with Crippen molar-refractivity contribution in [2.45, 2.75) is 44.4 Å². The third-order valence-corrected chi connectivity index (χ3v) is 5.26. The van der Waals surface area contributed by atoms with Crippen molar-refractivity contribution < 1.29 is 18.3 Å². The molecule has 1 saturated heterocycles. The second kappa shape index (κ2) is 5.82. The molecule has 1 aliphatic heterocycles. The molecule has 0 aromatic rings. The van der Waals surface area contributed by atoms with Crippen molar-refractivity contribution in [1.82, 2.24) is 4.90 Å². The molecule has 0 bridgehead atoms. The summed E-state index contributed by atoms with van der Waals surface area (Å²) in [4.78, 5) is 13.6. The van der Waals surface area contributed by atoms with E-state index in [2.05, 4.69) is 0 Å². The zero-order valence-corrected chi connectivity index (χ0v) is 11.2. The Morgan fingerprint density at radius 3 is 2.53 bits per heavy atom. The van der Waals surface area contributed by atoms with Gasteiger partial charge in [-0.05, 0) is 26.7 Å². The van der Waals surface area contributed by atoms with Crippen LogP contribution in [0.15, 0.2) is 0 Å². The summed E-state index contributed by atoms with van der Waals surface area (Å²) in [5.74, 6) is -0.247. The highest BCUT2D eigenvalue weighted by Gasteiger charge is 2.37. The van der Waals surface area contributed by atoms with Crippen LogP contribution >= 0.6 is 0 Å². The van der Waals surface area contributed by atoms with E-state index in [1.54, 1.807) is 0 Å². The van der Waals surface area contributed by atoms with Gasteiger partial charge in [-0.1, -0.05) is 6.42 Å². The molecular formula is C11H21NO4S. The van der Waals surface area contributed by atoms with Gasteiger partial charge in [0, 0.05) is 12.6 Å². The van der Waals surface area contributed by atoms with Crippen LogP contribution in [0.3, 0.4) is 0 Å². The van der Waals surface area contributed by atoms with Gasteiger partial charge in [0.2, 0.25) is 5.91 Å². The largest absolute Gasteiger partial charge is 0.395 e. The Kier molecular flexibility index (Phi) is 4.94. The van der Waals surface area contributed by atoms with Crippen molar-refractivity contribution in [2.75, 3.05) is 18.9 Å². The van der Waals surface area contributed by atoms with E-state index in [1.807, 2.05) is 13.8 Å². The number of amides is 1. The van der Waals surface area contributed by atoms with Crippen LogP contribution in [0.5, 0.6) is 0 Å². The SMILES string of the molecule is CC(C)N(CCO)C(=O)C1CCCCS1(=O)=O. The minimum absolute atomic E-state index is 0.0909. The number of hydrogen-bond acceptors (Lipinski definition) is 4. The number of rotatable bonds is 4. The molecule has 0 spiro atoms. The van der Waals surface area contributed by atoms with Crippen molar-refractivity contribution in [1.29, 1.82) is 0 Å². The maximum Gasteiger partial charge on any atom is 0.241 e. The highest BCUT2D eigenvalue weighted by atomic mass is 32.2. The molecule has 1 fully saturated rings. The first-order chi connectivity index (χ1) is 7.90. The standard InChI is InChI=1S/C11H21NO4S/c1-9(2)12(6-7-13)11(14)10-5-3-4-8-17(10,15)16/h9-10,13H,3-8H2,1-2H3. The van der Waals surface area contributed by atoms with Gasteiger partial charge in [0.15, 0.2) is 9.84 Å². The fraction of sp³-hybridized carbons (Fsp3) is 0.909. The van der Waals surface area contributed by atoms with Gasteiger partial charge in [-0.3, -0.25) is 4.79 Å². The van der Waals surface area contributed by atoms with E-state index >= 15 is 0 Å². The fourth-order valence-electron chi connectivity index (χ4n) is 2.15. The second-order valence-electron chi connectivity index (χ2n) is 4.70. The normalized spacial score (nSPS) is 23.6. The first kappa shape index (κ1) is 14.4. The first-order valence-electron chi connectivity index (χ1n) is 6.03. The third-order valence-electron chi connectivity index (χ3n) is 3.10. The molecule has 100 valence electrons. The van der Waals surface area contributed by atoms with Crippen LogP contribution in [-0.2, 0) is 14.6 Å². The summed E-state index contributed by atoms with van der Waals surface area (Å²) in [5, 5.41) is 8.02. The second-order valence-corrected chi connectivity index (χ2v) is 7.00. The van der Waals surface area contributed by atoms with Gasteiger partial charge in [-0.25, -0.2) is 8.42 Å². The van der Waals surface area contributed by atoms with Crippen LogP contribution in [0.2, 0.25) is 0 Å². The molecule has 1 heterocycles. The summed E-state index contributed by atoms with van der Waals surface area (Å²) in [7, 11) is -3.29. The molecule has 0 aliphatic carbocycles. The Morgan fingerprint density at radius 1 is 1.41 bits per heavy atom. The molecule has 1 amide bonds. The predicted octanol–water partition coefficient (Wildman–Crippen LogP) is 0.183. The molecule has 17 heavy (non-hydrogen) atoms. The number of hydrogen-bond donors (Lipinski definition) is 1. The molecule has 0 saturated carbocycles. The maximum atomic E-state index is 12.2. The lowest BCUT2D eigenvalue weighted by Gasteiger charge is -2.31. The highest BCUT2D eigenvalue weighted by Crippen LogP contribution is 2.22. The number of carbonyl (C=O) groups excluding carboxylic acids is 1. The molecule has 6 heteroatoms. The van der Waals surface area contributed by atoms with Crippen molar-refractivity contribution in [2.24, 2.45) is 0 Å². The van der Waals surface area contributed by atoms with Crippen LogP contribution in [-0.4, -0.2) is 54.5 Å². The van der Waals surface area contributed by atoms with Gasteiger partial charge in [0.25, 0.3) is 0 Å². The van der Waals surface area contributed by atoms with Crippen LogP contribution in [0.25, 0.3) is 0 Å². The zero-order chi connectivity index (χ0) is 13.1. The lowest BCUT2D eigenvalue weighted by atomic mass is 10.1. The third kappa shape index (κ3) is 3.42. The number of aliphatic hydroxyl groups excluding tert-OH is 1. The first-order valence-corrected chi connectivity index (χ1v) is 7.74. The monoisotopic (exact) mass is 263 g/mol. The minimum atomic E-state index is -3.29.